The van der Waals surface area contributed by atoms with Gasteiger partial charge in [0.2, 0.25) is 0 Å². The molecule has 3 fully saturated rings. The molecule has 0 radical (unpaired) electrons. The number of likely N-dealkylation sites (tertiary alicyclic amines) is 1. The van der Waals surface area contributed by atoms with Crippen LogP contribution in [0.4, 0.5) is 18.9 Å². The van der Waals surface area contributed by atoms with Gasteiger partial charge in [-0.25, -0.2) is 4.39 Å². The predicted molar refractivity (Wildman–Crippen MR) is 113 cm³/mol. The highest BCUT2D eigenvalue weighted by atomic mass is 19.3. The molecule has 1 aromatic rings. The highest BCUT2D eigenvalue weighted by Gasteiger charge is 2.51. The zero-order valence-corrected chi connectivity index (χ0v) is 18.4. The van der Waals surface area contributed by atoms with Crippen molar-refractivity contribution in [3.63, 3.8) is 0 Å². The summed E-state index contributed by atoms with van der Waals surface area (Å²) in [5, 5.41) is 0. The molecular weight excluding hydrogens is 423 g/mol. The maximum atomic E-state index is 13.3. The van der Waals surface area contributed by atoms with Crippen molar-refractivity contribution in [2.45, 2.75) is 44.6 Å². The number of piperidine rings is 1. The smallest absolute Gasteiger partial charge is 0.322 e. The molecule has 3 saturated heterocycles. The Labute approximate surface area is 186 Å². The van der Waals surface area contributed by atoms with E-state index in [1.165, 1.54) is 12.1 Å². The number of halogens is 3. The minimum Gasteiger partial charge on any atom is -0.462 e. The summed E-state index contributed by atoms with van der Waals surface area (Å²) in [5.41, 5.74) is 0.370. The Hall–Kier alpha value is -2.29. The summed E-state index contributed by atoms with van der Waals surface area (Å²) in [6.07, 6.45) is 1.90. The number of cyclic esters (lactones) is 1. The van der Waals surface area contributed by atoms with E-state index in [1.807, 2.05) is 0 Å². The lowest BCUT2D eigenvalue weighted by molar-refractivity contribution is -0.160. The van der Waals surface area contributed by atoms with Crippen LogP contribution in [0, 0.1) is 11.2 Å². The van der Waals surface area contributed by atoms with Crippen LogP contribution in [0.25, 0.3) is 0 Å². The first-order chi connectivity index (χ1) is 15.2. The monoisotopic (exact) mass is 453 g/mol. The van der Waals surface area contributed by atoms with Gasteiger partial charge in [-0.3, -0.25) is 14.5 Å². The van der Waals surface area contributed by atoms with Crippen molar-refractivity contribution >= 4 is 17.6 Å². The van der Waals surface area contributed by atoms with Crippen LogP contribution in [0.1, 0.15) is 32.6 Å². The summed E-state index contributed by atoms with van der Waals surface area (Å²) in [6, 6.07) is 6.53. The molecule has 9 heteroatoms. The second-order valence-electron chi connectivity index (χ2n) is 9.29. The molecule has 1 spiro atoms. The number of ether oxygens (including phenoxy) is 1. The molecule has 176 valence electrons. The Morgan fingerprint density at radius 2 is 1.72 bits per heavy atom. The molecule has 0 unspecified atom stereocenters. The molecule has 3 heterocycles. The van der Waals surface area contributed by atoms with E-state index < -0.39 is 17.2 Å². The average Bonchev–Trinajstić information content (AvgIpc) is 3.07. The third kappa shape index (κ3) is 4.87. The van der Waals surface area contributed by atoms with Gasteiger partial charge in [0.1, 0.15) is 11.9 Å². The summed E-state index contributed by atoms with van der Waals surface area (Å²) in [6.45, 7) is 5.22. The number of rotatable bonds is 5. The molecular formula is C23H30F3N3O3. The van der Waals surface area contributed by atoms with Crippen LogP contribution >= 0.6 is 0 Å². The van der Waals surface area contributed by atoms with Crippen LogP contribution in [0.3, 0.4) is 0 Å². The van der Waals surface area contributed by atoms with E-state index in [1.54, 1.807) is 12.1 Å². The van der Waals surface area contributed by atoms with Crippen LogP contribution in [-0.4, -0.2) is 79.5 Å². The summed E-state index contributed by atoms with van der Waals surface area (Å²) < 4.78 is 45.4. The lowest BCUT2D eigenvalue weighted by atomic mass is 9.75. The molecule has 0 N–H and O–H groups in total. The van der Waals surface area contributed by atoms with E-state index in [2.05, 4.69) is 9.80 Å². The van der Waals surface area contributed by atoms with Gasteiger partial charge in [-0.05, 0) is 43.5 Å². The fraction of sp³-hybridized carbons (Fsp3) is 0.652. The van der Waals surface area contributed by atoms with Crippen LogP contribution in [0.15, 0.2) is 24.3 Å². The van der Waals surface area contributed by atoms with Crippen molar-refractivity contribution in [2.24, 2.45) is 5.41 Å². The van der Waals surface area contributed by atoms with Gasteiger partial charge in [-0.2, -0.15) is 8.78 Å². The molecule has 3 aliphatic heterocycles. The van der Waals surface area contributed by atoms with Crippen molar-refractivity contribution < 1.29 is 27.5 Å². The quantitative estimate of drug-likeness (QED) is 0.642. The number of benzene rings is 1. The Morgan fingerprint density at radius 1 is 1.09 bits per heavy atom. The number of nitrogens with zero attached hydrogens (tertiary/aromatic N) is 3. The number of hydrogen-bond acceptors (Lipinski definition) is 5. The average molecular weight is 454 g/mol. The highest BCUT2D eigenvalue weighted by Crippen LogP contribution is 2.44. The molecule has 1 atom stereocenters. The number of alkyl halides is 2. The van der Waals surface area contributed by atoms with E-state index in [-0.39, 0.29) is 31.0 Å². The molecule has 0 aromatic heterocycles. The van der Waals surface area contributed by atoms with Gasteiger partial charge in [-0.15, -0.1) is 0 Å². The topological polar surface area (TPSA) is 53.1 Å². The van der Waals surface area contributed by atoms with Gasteiger partial charge in [0.25, 0.3) is 5.91 Å². The molecule has 0 bridgehead atoms. The van der Waals surface area contributed by atoms with Crippen molar-refractivity contribution in [1.82, 2.24) is 9.80 Å². The molecule has 32 heavy (non-hydrogen) atoms. The number of amides is 1. The summed E-state index contributed by atoms with van der Waals surface area (Å²) in [7, 11) is 0. The summed E-state index contributed by atoms with van der Waals surface area (Å²) in [5.74, 6) is -5.05. The van der Waals surface area contributed by atoms with E-state index in [9.17, 15) is 22.8 Å². The SMILES string of the molecule is CC(F)(F)C(=O)N1CCC2(CC1)C[C@H](CCN1CCN(c3ccc(F)cc3)CC1)OC2=O. The molecule has 1 amide bonds. The van der Waals surface area contributed by atoms with Crippen LogP contribution in [0.2, 0.25) is 0 Å². The fourth-order valence-corrected chi connectivity index (χ4v) is 5.03. The largest absolute Gasteiger partial charge is 0.462 e. The van der Waals surface area contributed by atoms with Gasteiger partial charge in [0.05, 0.1) is 5.41 Å². The Kier molecular flexibility index (Phi) is 6.38. The van der Waals surface area contributed by atoms with Crippen molar-refractivity contribution in [1.29, 1.82) is 0 Å². The number of hydrogen-bond donors (Lipinski definition) is 0. The second-order valence-corrected chi connectivity index (χ2v) is 9.29. The molecule has 1 aromatic carbocycles. The summed E-state index contributed by atoms with van der Waals surface area (Å²) >= 11 is 0. The number of carbonyl (C=O) groups is 2. The van der Waals surface area contributed by atoms with Crippen molar-refractivity contribution in [3.8, 4) is 0 Å². The van der Waals surface area contributed by atoms with Crippen molar-refractivity contribution in [2.75, 3.05) is 50.7 Å². The molecule has 0 saturated carbocycles. The van der Waals surface area contributed by atoms with Gasteiger partial charge in [-0.1, -0.05) is 0 Å². The molecule has 6 nitrogen and oxygen atoms in total. The van der Waals surface area contributed by atoms with E-state index in [4.69, 9.17) is 4.74 Å². The third-order valence-corrected chi connectivity index (χ3v) is 7.04. The fourth-order valence-electron chi connectivity index (χ4n) is 5.03. The highest BCUT2D eigenvalue weighted by molar-refractivity contribution is 5.84. The van der Waals surface area contributed by atoms with Crippen LogP contribution in [0.5, 0.6) is 0 Å². The number of carbonyl (C=O) groups excluding carboxylic acids is 2. The number of anilines is 1. The minimum atomic E-state index is -3.38. The van der Waals surface area contributed by atoms with Crippen LogP contribution < -0.4 is 4.90 Å². The number of piperazine rings is 1. The normalized spacial score (nSPS) is 24.1. The third-order valence-electron chi connectivity index (χ3n) is 7.04. The lowest BCUT2D eigenvalue weighted by Gasteiger charge is -2.37. The second kappa shape index (κ2) is 8.92. The Bertz CT molecular complexity index is 827. The molecule has 3 aliphatic rings. The van der Waals surface area contributed by atoms with Gasteiger partial charge in [0.15, 0.2) is 0 Å². The van der Waals surface area contributed by atoms with E-state index in [0.717, 1.165) is 49.7 Å². The van der Waals surface area contributed by atoms with E-state index >= 15 is 0 Å². The maximum absolute atomic E-state index is 13.3. The first-order valence-corrected chi connectivity index (χ1v) is 11.3. The Balaban J connectivity index is 1.22. The first kappa shape index (κ1) is 22.9. The summed E-state index contributed by atoms with van der Waals surface area (Å²) in [4.78, 5) is 30.1. The van der Waals surface area contributed by atoms with Crippen molar-refractivity contribution in [3.05, 3.63) is 30.1 Å². The minimum absolute atomic E-state index is 0.162. The van der Waals surface area contributed by atoms with Crippen LogP contribution in [-0.2, 0) is 14.3 Å². The van der Waals surface area contributed by atoms with Gasteiger partial charge >= 0.3 is 11.9 Å². The number of esters is 1. The first-order valence-electron chi connectivity index (χ1n) is 11.3. The molecule has 0 aliphatic carbocycles. The van der Waals surface area contributed by atoms with E-state index in [0.29, 0.717) is 26.2 Å². The zero-order valence-electron chi connectivity index (χ0n) is 18.4. The van der Waals surface area contributed by atoms with Gasteiger partial charge in [0, 0.05) is 64.8 Å². The molecule has 4 rings (SSSR count). The Morgan fingerprint density at radius 3 is 2.31 bits per heavy atom. The lowest BCUT2D eigenvalue weighted by Crippen LogP contribution is -2.49. The maximum Gasteiger partial charge on any atom is 0.322 e. The zero-order chi connectivity index (χ0) is 22.9. The predicted octanol–water partition coefficient (Wildman–Crippen LogP) is 2.92. The van der Waals surface area contributed by atoms with Gasteiger partial charge < -0.3 is 14.5 Å². The standard InChI is InChI=1S/C23H30F3N3O3/c1-22(25,26)20(30)29-10-7-23(8-11-29)16-19(32-21(23)31)6-9-27-12-14-28(15-13-27)18-4-2-17(24)3-5-18/h2-5,19H,6-16H2,1H3/t19-/m0/s1.